The van der Waals surface area contributed by atoms with Gasteiger partial charge in [-0.05, 0) is 43.0 Å². The number of para-hydroxylation sites is 1. The molecule has 2 fully saturated rings. The lowest BCUT2D eigenvalue weighted by molar-refractivity contribution is -0.118. The molecule has 1 saturated heterocycles. The summed E-state index contributed by atoms with van der Waals surface area (Å²) in [5.41, 5.74) is 1.40. The fourth-order valence-electron chi connectivity index (χ4n) is 5.08. The average Bonchev–Trinajstić information content (AvgIpc) is 3.16. The minimum Gasteiger partial charge on any atom is -0.496 e. The Morgan fingerprint density at radius 1 is 1.26 bits per heavy atom. The predicted octanol–water partition coefficient (Wildman–Crippen LogP) is 3.71. The van der Waals surface area contributed by atoms with E-state index >= 15 is 0 Å². The molecule has 6 rings (SSSR count). The first-order valence-corrected chi connectivity index (χ1v) is 12.6. The van der Waals surface area contributed by atoms with E-state index in [1.165, 1.54) is 11.3 Å². The Morgan fingerprint density at radius 3 is 2.86 bits per heavy atom. The van der Waals surface area contributed by atoms with Crippen LogP contribution >= 0.6 is 11.3 Å². The van der Waals surface area contributed by atoms with Crippen molar-refractivity contribution >= 4 is 22.4 Å². The summed E-state index contributed by atoms with van der Waals surface area (Å²) in [5.74, 6) is 2.13. The van der Waals surface area contributed by atoms with Gasteiger partial charge in [0.15, 0.2) is 16.6 Å². The molecule has 1 amide bonds. The monoisotopic (exact) mass is 493 g/mol. The van der Waals surface area contributed by atoms with Gasteiger partial charge in [0, 0.05) is 29.7 Å². The van der Waals surface area contributed by atoms with Crippen molar-refractivity contribution in [3.05, 3.63) is 64.7 Å². The van der Waals surface area contributed by atoms with Gasteiger partial charge in [-0.3, -0.25) is 9.69 Å². The topological polar surface area (TPSA) is 93.2 Å². The lowest BCUT2D eigenvalue weighted by Crippen LogP contribution is -2.28. The summed E-state index contributed by atoms with van der Waals surface area (Å²) in [6.45, 7) is 1.56. The summed E-state index contributed by atoms with van der Waals surface area (Å²) >= 11 is 1.46. The predicted molar refractivity (Wildman–Crippen MR) is 131 cm³/mol. The van der Waals surface area contributed by atoms with Gasteiger partial charge in [0.2, 0.25) is 12.7 Å². The highest BCUT2D eigenvalue weighted by Gasteiger charge is 2.52. The van der Waals surface area contributed by atoms with Crippen LogP contribution < -0.4 is 19.5 Å². The van der Waals surface area contributed by atoms with Crippen molar-refractivity contribution in [3.63, 3.8) is 0 Å². The molecule has 1 unspecified atom stereocenters. The zero-order valence-corrected chi connectivity index (χ0v) is 20.2. The zero-order valence-electron chi connectivity index (χ0n) is 19.4. The average molecular weight is 494 g/mol. The van der Waals surface area contributed by atoms with Crippen molar-refractivity contribution in [2.45, 2.75) is 36.8 Å². The van der Waals surface area contributed by atoms with E-state index in [2.05, 4.69) is 15.2 Å². The highest BCUT2D eigenvalue weighted by atomic mass is 32.1. The molecule has 35 heavy (non-hydrogen) atoms. The number of likely N-dealkylation sites (tertiary alicyclic amines) is 1. The third kappa shape index (κ3) is 4.03. The number of anilines is 1. The van der Waals surface area contributed by atoms with Crippen LogP contribution in [0.2, 0.25) is 0 Å². The van der Waals surface area contributed by atoms with Crippen molar-refractivity contribution in [2.24, 2.45) is 0 Å². The molecule has 2 N–H and O–H groups in total. The quantitative estimate of drug-likeness (QED) is 0.518. The molecule has 182 valence electrons. The molecular formula is C26H27N3O5S. The number of carbonyl (C=O) groups excluding carboxylic acids is 1. The SMILES string of the molecule is COc1ccccc1C(c1cnc(NC(=O)C2(c3ccc4c(c3)OCO4)CC2)s1)N1CC[C@@H](O)C1. The maximum Gasteiger partial charge on any atom is 0.236 e. The normalized spacial score (nSPS) is 21.0. The third-order valence-electron chi connectivity index (χ3n) is 7.12. The molecule has 3 heterocycles. The van der Waals surface area contributed by atoms with Crippen LogP contribution in [0.5, 0.6) is 17.2 Å². The summed E-state index contributed by atoms with van der Waals surface area (Å²) in [6, 6.07) is 13.5. The lowest BCUT2D eigenvalue weighted by atomic mass is 9.94. The minimum absolute atomic E-state index is 0.0531. The molecule has 3 aliphatic rings. The fourth-order valence-corrected chi connectivity index (χ4v) is 6.04. The smallest absolute Gasteiger partial charge is 0.236 e. The van der Waals surface area contributed by atoms with E-state index < -0.39 is 5.41 Å². The first-order chi connectivity index (χ1) is 17.1. The van der Waals surface area contributed by atoms with E-state index in [4.69, 9.17) is 14.2 Å². The van der Waals surface area contributed by atoms with E-state index in [1.807, 2.05) is 48.7 Å². The number of aliphatic hydroxyl groups excluding tert-OH is 1. The number of methoxy groups -OCH3 is 1. The number of rotatable bonds is 7. The molecule has 0 radical (unpaired) electrons. The largest absolute Gasteiger partial charge is 0.496 e. The van der Waals surface area contributed by atoms with Crippen LogP contribution in [-0.2, 0) is 10.2 Å². The van der Waals surface area contributed by atoms with Crippen molar-refractivity contribution in [1.29, 1.82) is 0 Å². The van der Waals surface area contributed by atoms with Crippen molar-refractivity contribution in [1.82, 2.24) is 9.88 Å². The van der Waals surface area contributed by atoms with Gasteiger partial charge >= 0.3 is 0 Å². The van der Waals surface area contributed by atoms with Gasteiger partial charge < -0.3 is 24.6 Å². The number of thiazole rings is 1. The zero-order chi connectivity index (χ0) is 24.0. The number of β-amino-alcohol motifs (C(OH)–C–C–N with tert-alkyl or cyclic N) is 1. The molecule has 0 bridgehead atoms. The van der Waals surface area contributed by atoms with Gasteiger partial charge in [-0.2, -0.15) is 0 Å². The van der Waals surface area contributed by atoms with Crippen LogP contribution in [0, 0.1) is 0 Å². The summed E-state index contributed by atoms with van der Waals surface area (Å²) < 4.78 is 16.6. The molecular weight excluding hydrogens is 466 g/mol. The third-order valence-corrected chi connectivity index (χ3v) is 8.08. The van der Waals surface area contributed by atoms with Crippen LogP contribution in [-0.4, -0.2) is 54.0 Å². The van der Waals surface area contributed by atoms with E-state index in [9.17, 15) is 9.90 Å². The number of ether oxygens (including phenoxy) is 3. The lowest BCUT2D eigenvalue weighted by Gasteiger charge is -2.28. The summed E-state index contributed by atoms with van der Waals surface area (Å²) in [4.78, 5) is 21.2. The molecule has 2 aromatic carbocycles. The van der Waals surface area contributed by atoms with Gasteiger partial charge in [0.05, 0.1) is 24.7 Å². The molecule has 8 nitrogen and oxygen atoms in total. The van der Waals surface area contributed by atoms with E-state index in [-0.39, 0.29) is 24.8 Å². The van der Waals surface area contributed by atoms with Crippen molar-refractivity contribution in [2.75, 3.05) is 32.3 Å². The highest BCUT2D eigenvalue weighted by Crippen LogP contribution is 2.51. The van der Waals surface area contributed by atoms with E-state index in [1.54, 1.807) is 7.11 Å². The number of aromatic nitrogens is 1. The maximum atomic E-state index is 13.4. The summed E-state index contributed by atoms with van der Waals surface area (Å²) in [6.07, 6.45) is 3.77. The summed E-state index contributed by atoms with van der Waals surface area (Å²) in [7, 11) is 1.66. The first-order valence-electron chi connectivity index (χ1n) is 11.8. The number of carbonyl (C=O) groups is 1. The molecule has 1 saturated carbocycles. The van der Waals surface area contributed by atoms with E-state index in [0.717, 1.165) is 47.6 Å². The molecule has 1 aromatic heterocycles. The van der Waals surface area contributed by atoms with Crippen molar-refractivity contribution < 1.29 is 24.1 Å². The molecule has 3 aromatic rings. The maximum absolute atomic E-state index is 13.4. The number of amides is 1. The van der Waals surface area contributed by atoms with Crippen LogP contribution in [0.3, 0.4) is 0 Å². The Kier molecular flexibility index (Phi) is 5.63. The van der Waals surface area contributed by atoms with Gasteiger partial charge in [-0.1, -0.05) is 35.6 Å². The number of hydrogen-bond donors (Lipinski definition) is 2. The van der Waals surface area contributed by atoms with Crippen LogP contribution in [0.1, 0.15) is 41.3 Å². The molecule has 2 aliphatic heterocycles. The number of fused-ring (bicyclic) bond motifs is 1. The Bertz CT molecular complexity index is 1260. The highest BCUT2D eigenvalue weighted by molar-refractivity contribution is 7.15. The molecule has 1 aliphatic carbocycles. The molecule has 0 spiro atoms. The van der Waals surface area contributed by atoms with Crippen LogP contribution in [0.4, 0.5) is 5.13 Å². The second kappa shape index (κ2) is 8.82. The minimum atomic E-state index is -0.562. The molecule has 2 atom stereocenters. The second-order valence-electron chi connectivity index (χ2n) is 9.25. The number of hydrogen-bond acceptors (Lipinski definition) is 8. The van der Waals surface area contributed by atoms with Crippen molar-refractivity contribution in [3.8, 4) is 17.2 Å². The Hall–Kier alpha value is -3.14. The number of nitrogens with one attached hydrogen (secondary N) is 1. The van der Waals surface area contributed by atoms with Gasteiger partial charge in [0.1, 0.15) is 5.75 Å². The van der Waals surface area contributed by atoms with Gasteiger partial charge in [-0.25, -0.2) is 4.98 Å². The number of aliphatic hydroxyl groups is 1. The standard InChI is InChI=1S/C26H27N3O5S/c1-32-19-5-3-2-4-18(19)23(29-11-8-17(30)14-29)22-13-27-25(35-22)28-24(31)26(9-10-26)16-6-7-20-21(12-16)34-15-33-20/h2-7,12-13,17,23,30H,8-11,14-15H2,1H3,(H,27,28,31)/t17-,23?/m1/s1. The number of nitrogens with zero attached hydrogens (tertiary/aromatic N) is 2. The van der Waals surface area contributed by atoms with E-state index in [0.29, 0.717) is 23.2 Å². The Balaban J connectivity index is 1.26. The van der Waals surface area contributed by atoms with Gasteiger partial charge in [0.25, 0.3) is 0 Å². The second-order valence-corrected chi connectivity index (χ2v) is 10.3. The fraction of sp³-hybridized carbons (Fsp3) is 0.385. The Morgan fingerprint density at radius 2 is 2.09 bits per heavy atom. The van der Waals surface area contributed by atoms with Crippen LogP contribution in [0.25, 0.3) is 0 Å². The first kappa shape index (κ1) is 22.3. The van der Waals surface area contributed by atoms with Gasteiger partial charge in [-0.15, -0.1) is 0 Å². The Labute approximate surface area is 207 Å². The number of benzene rings is 2. The summed E-state index contributed by atoms with van der Waals surface area (Å²) in [5, 5.41) is 13.8. The molecule has 9 heteroatoms. The van der Waals surface area contributed by atoms with Crippen LogP contribution in [0.15, 0.2) is 48.7 Å².